The molecule has 6 heteroatoms. The minimum atomic E-state index is -0.603. The summed E-state index contributed by atoms with van der Waals surface area (Å²) in [5.74, 6) is -0.0352. The number of ether oxygens (including phenoxy) is 1. The van der Waals surface area contributed by atoms with E-state index in [9.17, 15) is 4.79 Å². The normalized spacial score (nSPS) is 28.3. The molecule has 1 saturated heterocycles. The van der Waals surface area contributed by atoms with Crippen molar-refractivity contribution >= 4 is 33.2 Å². The number of nitrogens with one attached hydrogen (secondary N) is 1. The van der Waals surface area contributed by atoms with Crippen LogP contribution in [0.5, 0.6) is 0 Å². The molecule has 2 rings (SSSR count). The van der Waals surface area contributed by atoms with Crippen molar-refractivity contribution in [1.29, 1.82) is 0 Å². The molecule has 17 heavy (non-hydrogen) atoms. The SMILES string of the molecule is CC1(C(=O)NCc2cc(Br)cs2)COCC1N. The highest BCUT2D eigenvalue weighted by Crippen LogP contribution is 2.27. The second-order valence-corrected chi connectivity index (χ2v) is 6.36. The highest BCUT2D eigenvalue weighted by Gasteiger charge is 2.44. The number of hydrogen-bond acceptors (Lipinski definition) is 4. The van der Waals surface area contributed by atoms with Gasteiger partial charge in [0, 0.05) is 20.8 Å². The lowest BCUT2D eigenvalue weighted by molar-refractivity contribution is -0.130. The van der Waals surface area contributed by atoms with E-state index in [4.69, 9.17) is 10.5 Å². The standard InChI is InChI=1S/C11H15BrN2O2S/c1-11(6-16-4-9(11)13)10(15)14-3-8-2-7(12)5-17-8/h2,5,9H,3-4,6,13H2,1H3,(H,14,15). The molecule has 3 N–H and O–H groups in total. The third kappa shape index (κ3) is 2.70. The molecule has 2 unspecified atom stereocenters. The van der Waals surface area contributed by atoms with Crippen LogP contribution in [0.3, 0.4) is 0 Å². The van der Waals surface area contributed by atoms with Gasteiger partial charge in [-0.1, -0.05) is 0 Å². The van der Waals surface area contributed by atoms with Crippen molar-refractivity contribution in [2.24, 2.45) is 11.1 Å². The highest BCUT2D eigenvalue weighted by molar-refractivity contribution is 9.10. The first-order valence-corrected chi connectivity index (χ1v) is 7.04. The van der Waals surface area contributed by atoms with E-state index in [1.165, 1.54) is 0 Å². The molecule has 0 saturated carbocycles. The predicted octanol–water partition coefficient (Wildman–Crippen LogP) is 1.49. The minimum absolute atomic E-state index is 0.0352. The van der Waals surface area contributed by atoms with Crippen molar-refractivity contribution < 1.29 is 9.53 Å². The van der Waals surface area contributed by atoms with Crippen LogP contribution in [0.1, 0.15) is 11.8 Å². The van der Waals surface area contributed by atoms with Crippen LogP contribution < -0.4 is 11.1 Å². The van der Waals surface area contributed by atoms with Gasteiger partial charge in [0.05, 0.1) is 25.2 Å². The Labute approximate surface area is 113 Å². The van der Waals surface area contributed by atoms with Crippen LogP contribution in [-0.4, -0.2) is 25.2 Å². The van der Waals surface area contributed by atoms with Gasteiger partial charge in [-0.3, -0.25) is 4.79 Å². The summed E-state index contributed by atoms with van der Waals surface area (Å²) in [7, 11) is 0. The lowest BCUT2D eigenvalue weighted by Crippen LogP contribution is -2.49. The third-order valence-corrected chi connectivity index (χ3v) is 4.78. The number of carbonyl (C=O) groups is 1. The van der Waals surface area contributed by atoms with E-state index in [-0.39, 0.29) is 11.9 Å². The first kappa shape index (κ1) is 13.0. The summed E-state index contributed by atoms with van der Waals surface area (Å²) in [6.45, 7) is 3.24. The van der Waals surface area contributed by atoms with Gasteiger partial charge in [-0.05, 0) is 28.9 Å². The fourth-order valence-electron chi connectivity index (χ4n) is 1.74. The quantitative estimate of drug-likeness (QED) is 0.887. The van der Waals surface area contributed by atoms with Crippen molar-refractivity contribution in [1.82, 2.24) is 5.32 Å². The summed E-state index contributed by atoms with van der Waals surface area (Å²) < 4.78 is 6.30. The van der Waals surface area contributed by atoms with E-state index in [0.29, 0.717) is 19.8 Å². The third-order valence-electron chi connectivity index (χ3n) is 3.08. The van der Waals surface area contributed by atoms with Gasteiger partial charge in [0.15, 0.2) is 0 Å². The highest BCUT2D eigenvalue weighted by atomic mass is 79.9. The average Bonchev–Trinajstić information content (AvgIpc) is 2.84. The average molecular weight is 319 g/mol. The number of carbonyl (C=O) groups excluding carboxylic acids is 1. The van der Waals surface area contributed by atoms with Crippen LogP contribution in [-0.2, 0) is 16.1 Å². The Morgan fingerprint density at radius 3 is 3.12 bits per heavy atom. The second-order valence-electron chi connectivity index (χ2n) is 4.45. The monoisotopic (exact) mass is 318 g/mol. The molecule has 94 valence electrons. The van der Waals surface area contributed by atoms with E-state index < -0.39 is 5.41 Å². The maximum Gasteiger partial charge on any atom is 0.230 e. The van der Waals surface area contributed by atoms with Crippen molar-refractivity contribution in [2.45, 2.75) is 19.5 Å². The van der Waals surface area contributed by atoms with E-state index in [1.54, 1.807) is 11.3 Å². The summed E-state index contributed by atoms with van der Waals surface area (Å²) in [6, 6.07) is 1.77. The summed E-state index contributed by atoms with van der Waals surface area (Å²) in [5.41, 5.74) is 5.29. The van der Waals surface area contributed by atoms with Crippen molar-refractivity contribution in [2.75, 3.05) is 13.2 Å². The lowest BCUT2D eigenvalue weighted by atomic mass is 9.85. The van der Waals surface area contributed by atoms with Crippen LogP contribution in [0.4, 0.5) is 0 Å². The molecule has 1 aliphatic rings. The van der Waals surface area contributed by atoms with Gasteiger partial charge in [-0.25, -0.2) is 0 Å². The second kappa shape index (κ2) is 5.06. The lowest BCUT2D eigenvalue weighted by Gasteiger charge is -2.25. The summed E-state index contributed by atoms with van der Waals surface area (Å²) in [5, 5.41) is 4.91. The molecule has 1 aromatic rings. The molecule has 1 amide bonds. The summed E-state index contributed by atoms with van der Waals surface area (Å²) in [4.78, 5) is 13.2. The van der Waals surface area contributed by atoms with Crippen molar-refractivity contribution in [3.8, 4) is 0 Å². The Morgan fingerprint density at radius 1 is 1.82 bits per heavy atom. The maximum absolute atomic E-state index is 12.1. The number of hydrogen-bond donors (Lipinski definition) is 2. The van der Waals surface area contributed by atoms with Crippen LogP contribution in [0, 0.1) is 5.41 Å². The Kier molecular flexibility index (Phi) is 3.87. The van der Waals surface area contributed by atoms with Crippen molar-refractivity contribution in [3.63, 3.8) is 0 Å². The van der Waals surface area contributed by atoms with E-state index in [2.05, 4.69) is 21.2 Å². The van der Waals surface area contributed by atoms with E-state index in [1.807, 2.05) is 18.4 Å². The Bertz CT molecular complexity index is 423. The Hall–Kier alpha value is -0.430. The molecule has 1 fully saturated rings. The zero-order valence-corrected chi connectivity index (χ0v) is 11.9. The number of rotatable bonds is 3. The molecule has 0 aromatic carbocycles. The molecule has 2 heterocycles. The van der Waals surface area contributed by atoms with Crippen molar-refractivity contribution in [3.05, 3.63) is 20.8 Å². The Morgan fingerprint density at radius 2 is 2.59 bits per heavy atom. The molecule has 0 aliphatic carbocycles. The van der Waals surface area contributed by atoms with Gasteiger partial charge in [-0.15, -0.1) is 11.3 Å². The molecule has 0 bridgehead atoms. The van der Waals surface area contributed by atoms with Gasteiger partial charge in [0.1, 0.15) is 0 Å². The smallest absolute Gasteiger partial charge is 0.230 e. The summed E-state index contributed by atoms with van der Waals surface area (Å²) in [6.07, 6.45) is 0. The molecule has 1 aliphatic heterocycles. The zero-order valence-electron chi connectivity index (χ0n) is 9.53. The number of halogens is 1. The van der Waals surface area contributed by atoms with Gasteiger partial charge >= 0.3 is 0 Å². The van der Waals surface area contributed by atoms with Crippen LogP contribution in [0.25, 0.3) is 0 Å². The number of thiophene rings is 1. The molecular formula is C11H15BrN2O2S. The van der Waals surface area contributed by atoms with Crippen LogP contribution >= 0.6 is 27.3 Å². The minimum Gasteiger partial charge on any atom is -0.379 e. The number of nitrogens with two attached hydrogens (primary N) is 1. The van der Waals surface area contributed by atoms with Gasteiger partial charge in [0.2, 0.25) is 5.91 Å². The first-order valence-electron chi connectivity index (χ1n) is 5.37. The molecule has 1 aromatic heterocycles. The van der Waals surface area contributed by atoms with E-state index in [0.717, 1.165) is 9.35 Å². The summed E-state index contributed by atoms with van der Waals surface area (Å²) >= 11 is 4.99. The topological polar surface area (TPSA) is 64.3 Å². The fourth-order valence-corrected chi connectivity index (χ4v) is 3.13. The van der Waals surface area contributed by atoms with Crippen LogP contribution in [0.2, 0.25) is 0 Å². The van der Waals surface area contributed by atoms with Gasteiger partial charge < -0.3 is 15.8 Å². The van der Waals surface area contributed by atoms with Gasteiger partial charge in [-0.2, -0.15) is 0 Å². The van der Waals surface area contributed by atoms with E-state index >= 15 is 0 Å². The largest absolute Gasteiger partial charge is 0.379 e. The predicted molar refractivity (Wildman–Crippen MR) is 70.8 cm³/mol. The molecular weight excluding hydrogens is 304 g/mol. The number of amides is 1. The molecule has 4 nitrogen and oxygen atoms in total. The maximum atomic E-state index is 12.1. The molecule has 0 spiro atoms. The first-order chi connectivity index (χ1) is 8.02. The van der Waals surface area contributed by atoms with Gasteiger partial charge in [0.25, 0.3) is 0 Å². The zero-order chi connectivity index (χ0) is 12.5. The molecule has 2 atom stereocenters. The molecule has 0 radical (unpaired) electrons. The van der Waals surface area contributed by atoms with Crippen LogP contribution in [0.15, 0.2) is 15.9 Å². The Balaban J connectivity index is 1.93. The fraction of sp³-hybridized carbons (Fsp3) is 0.545.